The average molecular weight is 434 g/mol. The number of benzene rings is 1. The summed E-state index contributed by atoms with van der Waals surface area (Å²) in [6.45, 7) is 21.0. The van der Waals surface area contributed by atoms with Crippen LogP contribution in [0.3, 0.4) is 0 Å². The van der Waals surface area contributed by atoms with E-state index in [2.05, 4.69) is 41.5 Å². The summed E-state index contributed by atoms with van der Waals surface area (Å²) in [6.07, 6.45) is 0.937. The van der Waals surface area contributed by atoms with Crippen LogP contribution in [0.25, 0.3) is 0 Å². The number of hydroxylamine groups is 2. The second kappa shape index (κ2) is 8.40. The Morgan fingerprint density at radius 2 is 1.74 bits per heavy atom. The van der Waals surface area contributed by atoms with E-state index in [9.17, 15) is 15.1 Å². The van der Waals surface area contributed by atoms with Gasteiger partial charge in [0.25, 0.3) is 0 Å². The molecule has 0 amide bonds. The molecule has 0 radical (unpaired) electrons. The third-order valence-corrected chi connectivity index (χ3v) is 7.22. The van der Waals surface area contributed by atoms with Gasteiger partial charge in [-0.3, -0.25) is 4.79 Å². The number of phenols is 1. The number of rotatable bonds is 4. The van der Waals surface area contributed by atoms with Gasteiger partial charge in [0.2, 0.25) is 0 Å². The van der Waals surface area contributed by atoms with Gasteiger partial charge in [0, 0.05) is 23.9 Å². The van der Waals surface area contributed by atoms with Gasteiger partial charge in [-0.2, -0.15) is 5.06 Å². The molecule has 1 saturated heterocycles. The Morgan fingerprint density at radius 1 is 1.16 bits per heavy atom. The summed E-state index contributed by atoms with van der Waals surface area (Å²) in [5.41, 5.74) is 0.440. The van der Waals surface area contributed by atoms with E-state index in [4.69, 9.17) is 4.74 Å². The highest BCUT2D eigenvalue weighted by atomic mass is 16.5. The van der Waals surface area contributed by atoms with Crippen LogP contribution in [0.4, 0.5) is 0 Å². The van der Waals surface area contributed by atoms with Crippen LogP contribution in [-0.4, -0.2) is 39.5 Å². The van der Waals surface area contributed by atoms with Gasteiger partial charge in [0.15, 0.2) is 0 Å². The first kappa shape index (κ1) is 25.7. The van der Waals surface area contributed by atoms with Crippen LogP contribution in [0.15, 0.2) is 18.2 Å². The van der Waals surface area contributed by atoms with E-state index in [0.29, 0.717) is 19.4 Å². The van der Waals surface area contributed by atoms with Crippen molar-refractivity contribution in [2.24, 2.45) is 10.8 Å². The summed E-state index contributed by atoms with van der Waals surface area (Å²) < 4.78 is 6.17. The Labute approximate surface area is 188 Å². The predicted octanol–water partition coefficient (Wildman–Crippen LogP) is 6.02. The molecule has 2 atom stereocenters. The van der Waals surface area contributed by atoms with E-state index in [1.165, 1.54) is 5.06 Å². The van der Waals surface area contributed by atoms with E-state index in [0.717, 1.165) is 11.1 Å². The minimum Gasteiger partial charge on any atom is -0.508 e. The lowest BCUT2D eigenvalue weighted by Gasteiger charge is -2.53. The van der Waals surface area contributed by atoms with Gasteiger partial charge in [-0.05, 0) is 48.3 Å². The number of hydrogen-bond donors (Lipinski definition) is 2. The Hall–Kier alpha value is -1.59. The molecule has 0 aromatic heterocycles. The molecule has 5 heteroatoms. The molecule has 1 fully saturated rings. The molecule has 2 unspecified atom stereocenters. The minimum absolute atomic E-state index is 0.0767. The van der Waals surface area contributed by atoms with Crippen molar-refractivity contribution in [3.05, 3.63) is 29.3 Å². The quantitative estimate of drug-likeness (QED) is 0.568. The fourth-order valence-corrected chi connectivity index (χ4v) is 4.36. The normalized spacial score (nSPS) is 22.7. The first-order chi connectivity index (χ1) is 13.9. The Kier molecular flexibility index (Phi) is 6.96. The second-order valence-electron chi connectivity index (χ2n) is 12.5. The van der Waals surface area contributed by atoms with Crippen molar-refractivity contribution in [1.82, 2.24) is 5.06 Å². The standard InChI is InChI=1S/C26H43NO4/c1-23(2,3)16-18(17-11-12-20(28)19(15-17)24(4,5)6)22(29)31-21-13-14-27(30)26(9,10)25(21,7)8/h11-12,15,18,21,28,30H,13-14,16H2,1-10H3. The summed E-state index contributed by atoms with van der Waals surface area (Å²) >= 11 is 0. The van der Waals surface area contributed by atoms with Gasteiger partial charge in [0.1, 0.15) is 11.9 Å². The van der Waals surface area contributed by atoms with Crippen molar-refractivity contribution < 1.29 is 19.8 Å². The van der Waals surface area contributed by atoms with Crippen molar-refractivity contribution >= 4 is 5.97 Å². The van der Waals surface area contributed by atoms with E-state index >= 15 is 0 Å². The zero-order valence-corrected chi connectivity index (χ0v) is 21.2. The fourth-order valence-electron chi connectivity index (χ4n) is 4.36. The van der Waals surface area contributed by atoms with Gasteiger partial charge in [0.05, 0.1) is 5.92 Å². The van der Waals surface area contributed by atoms with Gasteiger partial charge in [-0.25, -0.2) is 0 Å². The molecule has 2 rings (SSSR count). The van der Waals surface area contributed by atoms with Crippen molar-refractivity contribution in [3.8, 4) is 5.75 Å². The largest absolute Gasteiger partial charge is 0.508 e. The molecule has 1 heterocycles. The van der Waals surface area contributed by atoms with Crippen LogP contribution in [0.1, 0.15) is 99.1 Å². The summed E-state index contributed by atoms with van der Waals surface area (Å²) in [5, 5.41) is 22.1. The first-order valence-corrected chi connectivity index (χ1v) is 11.4. The highest BCUT2D eigenvalue weighted by molar-refractivity contribution is 5.78. The van der Waals surface area contributed by atoms with Crippen LogP contribution in [0.5, 0.6) is 5.75 Å². The lowest BCUT2D eigenvalue weighted by Crippen LogP contribution is -2.62. The number of carbonyl (C=O) groups excluding carboxylic acids is 1. The third kappa shape index (κ3) is 5.43. The number of nitrogens with zero attached hydrogens (tertiary/aromatic N) is 1. The third-order valence-electron chi connectivity index (χ3n) is 7.22. The van der Waals surface area contributed by atoms with Crippen molar-refractivity contribution in [3.63, 3.8) is 0 Å². The van der Waals surface area contributed by atoms with Crippen molar-refractivity contribution in [1.29, 1.82) is 0 Å². The lowest BCUT2D eigenvalue weighted by molar-refractivity contribution is -0.250. The molecule has 1 aliphatic heterocycles. The molecule has 1 aromatic carbocycles. The number of hydrogen-bond acceptors (Lipinski definition) is 5. The molecular formula is C26H43NO4. The van der Waals surface area contributed by atoms with Gasteiger partial charge in [-0.1, -0.05) is 67.5 Å². The molecule has 2 N–H and O–H groups in total. The Morgan fingerprint density at radius 3 is 2.26 bits per heavy atom. The zero-order chi connectivity index (χ0) is 24.0. The summed E-state index contributed by atoms with van der Waals surface area (Å²) in [5.74, 6) is -0.411. The number of phenolic OH excluding ortho intramolecular Hbond substituents is 1. The average Bonchev–Trinajstić information content (AvgIpc) is 2.60. The Bertz CT molecular complexity index is 799. The Balaban J connectivity index is 2.40. The van der Waals surface area contributed by atoms with Crippen LogP contribution in [-0.2, 0) is 14.9 Å². The molecule has 0 aliphatic carbocycles. The van der Waals surface area contributed by atoms with Crippen molar-refractivity contribution in [2.75, 3.05) is 6.54 Å². The van der Waals surface area contributed by atoms with E-state index in [-0.39, 0.29) is 28.7 Å². The number of piperidine rings is 1. The van der Waals surface area contributed by atoms with Gasteiger partial charge in [-0.15, -0.1) is 0 Å². The van der Waals surface area contributed by atoms with E-state index in [1.807, 2.05) is 39.8 Å². The molecule has 176 valence electrons. The SMILES string of the molecule is CC(C)(C)CC(C(=O)OC1CCN(O)C(C)(C)C1(C)C)c1ccc(O)c(C(C)(C)C)c1. The minimum atomic E-state index is -0.520. The molecular weight excluding hydrogens is 390 g/mol. The molecule has 0 saturated carbocycles. The maximum Gasteiger partial charge on any atom is 0.313 e. The van der Waals surface area contributed by atoms with Crippen molar-refractivity contribution in [2.45, 2.75) is 105 Å². The number of aromatic hydroxyl groups is 1. The fraction of sp³-hybridized carbons (Fsp3) is 0.731. The molecule has 0 bridgehead atoms. The second-order valence-corrected chi connectivity index (χ2v) is 12.5. The highest BCUT2D eigenvalue weighted by Crippen LogP contribution is 2.45. The number of carbonyl (C=O) groups is 1. The maximum absolute atomic E-state index is 13.6. The smallest absolute Gasteiger partial charge is 0.313 e. The summed E-state index contributed by atoms with van der Waals surface area (Å²) in [6, 6.07) is 5.49. The van der Waals surface area contributed by atoms with Gasteiger partial charge >= 0.3 is 5.97 Å². The predicted molar refractivity (Wildman–Crippen MR) is 124 cm³/mol. The van der Waals surface area contributed by atoms with E-state index in [1.54, 1.807) is 6.07 Å². The first-order valence-electron chi connectivity index (χ1n) is 11.4. The maximum atomic E-state index is 13.6. The van der Waals surface area contributed by atoms with Crippen LogP contribution in [0, 0.1) is 10.8 Å². The van der Waals surface area contributed by atoms with Crippen LogP contribution < -0.4 is 0 Å². The number of ether oxygens (including phenoxy) is 1. The van der Waals surface area contributed by atoms with Crippen LogP contribution in [0.2, 0.25) is 0 Å². The van der Waals surface area contributed by atoms with E-state index < -0.39 is 16.9 Å². The lowest BCUT2D eigenvalue weighted by atomic mass is 9.67. The molecule has 31 heavy (non-hydrogen) atoms. The molecule has 5 nitrogen and oxygen atoms in total. The summed E-state index contributed by atoms with van der Waals surface area (Å²) in [4.78, 5) is 13.6. The van der Waals surface area contributed by atoms with Crippen LogP contribution >= 0.6 is 0 Å². The topological polar surface area (TPSA) is 70.0 Å². The monoisotopic (exact) mass is 433 g/mol. The molecule has 0 spiro atoms. The number of esters is 1. The highest BCUT2D eigenvalue weighted by Gasteiger charge is 2.52. The molecule has 1 aliphatic rings. The zero-order valence-electron chi connectivity index (χ0n) is 21.2. The summed E-state index contributed by atoms with van der Waals surface area (Å²) in [7, 11) is 0. The van der Waals surface area contributed by atoms with Gasteiger partial charge < -0.3 is 15.1 Å². The molecule has 1 aromatic rings.